The van der Waals surface area contributed by atoms with Crippen molar-refractivity contribution < 1.29 is 4.79 Å². The van der Waals surface area contributed by atoms with Crippen LogP contribution in [0.3, 0.4) is 0 Å². The molecule has 4 heteroatoms. The smallest absolute Gasteiger partial charge is 0.319 e. The lowest BCUT2D eigenvalue weighted by molar-refractivity contribution is -0.113. The third kappa shape index (κ3) is 2.90. The van der Waals surface area contributed by atoms with Gasteiger partial charge in [0, 0.05) is 15.7 Å². The first-order chi connectivity index (χ1) is 10.8. The van der Waals surface area contributed by atoms with Crippen LogP contribution in [0.15, 0.2) is 28.7 Å². The van der Waals surface area contributed by atoms with E-state index in [1.165, 1.54) is 19.3 Å². The fourth-order valence-electron chi connectivity index (χ4n) is 6.56. The molecule has 4 bridgehead atoms. The first-order valence-electron chi connectivity index (χ1n) is 8.62. The minimum absolute atomic E-state index is 0.000980. The minimum atomic E-state index is -0.0581. The van der Waals surface area contributed by atoms with Crippen molar-refractivity contribution in [3.8, 4) is 0 Å². The predicted molar refractivity (Wildman–Crippen MR) is 96.4 cm³/mol. The van der Waals surface area contributed by atoms with Crippen LogP contribution in [0.25, 0.3) is 0 Å². The molecule has 0 radical (unpaired) electrons. The van der Waals surface area contributed by atoms with E-state index >= 15 is 0 Å². The van der Waals surface area contributed by atoms with Gasteiger partial charge in [0.05, 0.1) is 0 Å². The number of rotatable bonds is 2. The van der Waals surface area contributed by atoms with E-state index in [-0.39, 0.29) is 11.6 Å². The maximum atomic E-state index is 12.6. The lowest BCUT2D eigenvalue weighted by Gasteiger charge is -2.65. The summed E-state index contributed by atoms with van der Waals surface area (Å²) < 4.78 is 0.977. The molecule has 4 aliphatic rings. The second-order valence-corrected chi connectivity index (χ2v) is 9.92. The van der Waals surface area contributed by atoms with Crippen LogP contribution in [0, 0.1) is 16.7 Å². The fraction of sp³-hybridized carbons (Fsp3) is 0.632. The Morgan fingerprint density at radius 1 is 1.13 bits per heavy atom. The second kappa shape index (κ2) is 4.98. The molecule has 5 rings (SSSR count). The van der Waals surface area contributed by atoms with Crippen LogP contribution in [-0.2, 0) is 0 Å². The van der Waals surface area contributed by atoms with E-state index in [0.717, 1.165) is 35.3 Å². The molecule has 4 aliphatic carbocycles. The maximum absolute atomic E-state index is 12.6. The van der Waals surface area contributed by atoms with Crippen molar-refractivity contribution in [2.75, 3.05) is 5.32 Å². The summed E-state index contributed by atoms with van der Waals surface area (Å²) in [4.78, 5) is 12.6. The number of nitrogens with one attached hydrogen (secondary N) is 2. The number of carbonyl (C=O) groups is 1. The molecule has 23 heavy (non-hydrogen) atoms. The van der Waals surface area contributed by atoms with E-state index in [9.17, 15) is 4.79 Å². The summed E-state index contributed by atoms with van der Waals surface area (Å²) in [6.45, 7) is 4.86. The van der Waals surface area contributed by atoms with Crippen molar-refractivity contribution >= 4 is 27.6 Å². The van der Waals surface area contributed by atoms with Gasteiger partial charge in [-0.1, -0.05) is 35.8 Å². The molecule has 0 saturated heterocycles. The summed E-state index contributed by atoms with van der Waals surface area (Å²) in [6.07, 6.45) is 7.45. The van der Waals surface area contributed by atoms with Gasteiger partial charge in [0.25, 0.3) is 0 Å². The number of carbonyl (C=O) groups excluding carboxylic acids is 1. The van der Waals surface area contributed by atoms with E-state index in [1.807, 2.05) is 24.3 Å². The monoisotopic (exact) mass is 376 g/mol. The van der Waals surface area contributed by atoms with Crippen molar-refractivity contribution in [2.45, 2.75) is 57.9 Å². The summed E-state index contributed by atoms with van der Waals surface area (Å²) in [6, 6.07) is 7.70. The van der Waals surface area contributed by atoms with Crippen molar-refractivity contribution in [1.29, 1.82) is 0 Å². The van der Waals surface area contributed by atoms with Gasteiger partial charge in [-0.3, -0.25) is 0 Å². The van der Waals surface area contributed by atoms with Crippen molar-refractivity contribution in [3.05, 3.63) is 28.7 Å². The highest BCUT2D eigenvalue weighted by molar-refractivity contribution is 9.10. The molecule has 0 heterocycles. The minimum Gasteiger partial charge on any atom is -0.332 e. The largest absolute Gasteiger partial charge is 0.332 e. The predicted octanol–water partition coefficient (Wildman–Crippen LogP) is 5.32. The second-order valence-electron chi connectivity index (χ2n) is 9.00. The molecule has 124 valence electrons. The van der Waals surface area contributed by atoms with Crippen LogP contribution in [0.1, 0.15) is 52.4 Å². The number of amides is 2. The molecule has 2 amide bonds. The van der Waals surface area contributed by atoms with Gasteiger partial charge >= 0.3 is 6.03 Å². The Balaban J connectivity index is 1.51. The van der Waals surface area contributed by atoms with Gasteiger partial charge in [-0.15, -0.1) is 0 Å². The molecule has 4 fully saturated rings. The Labute approximate surface area is 146 Å². The lowest BCUT2D eigenvalue weighted by Crippen LogP contribution is -2.65. The highest BCUT2D eigenvalue weighted by Gasteiger charge is 2.60. The van der Waals surface area contributed by atoms with Crippen LogP contribution in [0.5, 0.6) is 0 Å². The van der Waals surface area contributed by atoms with Gasteiger partial charge in [-0.25, -0.2) is 4.79 Å². The molecule has 1 aromatic rings. The highest BCUT2D eigenvalue weighted by Crippen LogP contribution is 2.66. The van der Waals surface area contributed by atoms with Crippen molar-refractivity contribution in [2.24, 2.45) is 16.7 Å². The van der Waals surface area contributed by atoms with Crippen LogP contribution in [-0.4, -0.2) is 11.6 Å². The number of urea groups is 1. The number of anilines is 1. The standard InChI is InChI=1S/C19H25BrN2O/c1-17-7-13-8-18(2,10-17)12-19(9-13,11-17)22-16(23)21-15-5-3-4-14(20)6-15/h3-6,13H,7-12H2,1-2H3,(H2,21,22,23). The molecule has 3 nitrogen and oxygen atoms in total. The first kappa shape index (κ1) is 15.5. The number of hydrogen-bond donors (Lipinski definition) is 2. The molecule has 4 saturated carbocycles. The fourth-order valence-corrected chi connectivity index (χ4v) is 6.96. The van der Waals surface area contributed by atoms with E-state index < -0.39 is 0 Å². The Kier molecular flexibility index (Phi) is 3.36. The summed E-state index contributed by atoms with van der Waals surface area (Å²) in [5.41, 5.74) is 1.66. The number of benzene rings is 1. The molecule has 1 aromatic carbocycles. The summed E-state index contributed by atoms with van der Waals surface area (Å²) in [5, 5.41) is 6.38. The summed E-state index contributed by atoms with van der Waals surface area (Å²) in [7, 11) is 0. The third-order valence-corrected chi connectivity index (χ3v) is 6.58. The van der Waals surface area contributed by atoms with E-state index in [1.54, 1.807) is 0 Å². The zero-order valence-electron chi connectivity index (χ0n) is 13.9. The molecule has 0 spiro atoms. The molecule has 2 unspecified atom stereocenters. The highest BCUT2D eigenvalue weighted by atomic mass is 79.9. The Hall–Kier alpha value is -1.03. The van der Waals surface area contributed by atoms with Crippen LogP contribution < -0.4 is 10.6 Å². The normalized spacial score (nSPS) is 40.9. The van der Waals surface area contributed by atoms with Crippen molar-refractivity contribution in [1.82, 2.24) is 5.32 Å². The van der Waals surface area contributed by atoms with Crippen molar-refractivity contribution in [3.63, 3.8) is 0 Å². The van der Waals surface area contributed by atoms with Crippen LogP contribution in [0.2, 0.25) is 0 Å². The summed E-state index contributed by atoms with van der Waals surface area (Å²) >= 11 is 3.45. The molecular formula is C19H25BrN2O. The zero-order chi connectivity index (χ0) is 16.3. The van der Waals surface area contributed by atoms with E-state index in [2.05, 4.69) is 40.4 Å². The van der Waals surface area contributed by atoms with Gasteiger partial charge in [-0.2, -0.15) is 0 Å². The number of hydrogen-bond acceptors (Lipinski definition) is 1. The lowest BCUT2D eigenvalue weighted by atomic mass is 9.43. The quantitative estimate of drug-likeness (QED) is 0.720. The average Bonchev–Trinajstić information content (AvgIpc) is 2.32. The Morgan fingerprint density at radius 2 is 1.83 bits per heavy atom. The van der Waals surface area contributed by atoms with Gasteiger partial charge in [0.15, 0.2) is 0 Å². The van der Waals surface area contributed by atoms with Gasteiger partial charge < -0.3 is 10.6 Å². The van der Waals surface area contributed by atoms with Gasteiger partial charge in [-0.05, 0) is 73.5 Å². The topological polar surface area (TPSA) is 41.1 Å². The third-order valence-electron chi connectivity index (χ3n) is 6.09. The molecular weight excluding hydrogens is 352 g/mol. The van der Waals surface area contributed by atoms with Gasteiger partial charge in [0.2, 0.25) is 0 Å². The van der Waals surface area contributed by atoms with Gasteiger partial charge in [0.1, 0.15) is 0 Å². The Bertz CT molecular complexity index is 641. The Morgan fingerprint density at radius 3 is 2.43 bits per heavy atom. The SMILES string of the molecule is CC12CC3CC(C)(C1)CC(NC(=O)Nc1cccc(Br)c1)(C3)C2. The van der Waals surface area contributed by atoms with Crippen LogP contribution >= 0.6 is 15.9 Å². The van der Waals surface area contributed by atoms with Crippen LogP contribution in [0.4, 0.5) is 10.5 Å². The molecule has 0 aromatic heterocycles. The number of halogens is 1. The maximum Gasteiger partial charge on any atom is 0.319 e. The first-order valence-corrected chi connectivity index (χ1v) is 9.41. The summed E-state index contributed by atoms with van der Waals surface area (Å²) in [5.74, 6) is 0.785. The molecule has 2 atom stereocenters. The van der Waals surface area contributed by atoms with E-state index in [4.69, 9.17) is 0 Å². The zero-order valence-corrected chi connectivity index (χ0v) is 15.5. The molecule has 0 aliphatic heterocycles. The van der Waals surface area contributed by atoms with E-state index in [0.29, 0.717) is 10.8 Å². The average molecular weight is 377 g/mol. The molecule has 2 N–H and O–H groups in total.